The van der Waals surface area contributed by atoms with Gasteiger partial charge < -0.3 is 11.1 Å². The molecule has 0 aliphatic carbocycles. The summed E-state index contributed by atoms with van der Waals surface area (Å²) in [4.78, 5) is 5.25. The van der Waals surface area contributed by atoms with Crippen LogP contribution in [-0.2, 0) is 6.54 Å². The minimum absolute atomic E-state index is 0.479. The normalized spacial score (nSPS) is 11.7. The van der Waals surface area contributed by atoms with Crippen molar-refractivity contribution in [3.63, 3.8) is 0 Å². The fourth-order valence-corrected chi connectivity index (χ4v) is 1.85. The summed E-state index contributed by atoms with van der Waals surface area (Å²) in [5.41, 5.74) is 5.55. The van der Waals surface area contributed by atoms with Crippen molar-refractivity contribution in [2.24, 2.45) is 10.7 Å². The number of nitrogens with one attached hydrogen (secondary N) is 1. The summed E-state index contributed by atoms with van der Waals surface area (Å²) < 4.78 is 0.784. The number of nitrogens with zero attached hydrogens (tertiary/aromatic N) is 1. The van der Waals surface area contributed by atoms with E-state index in [0.717, 1.165) is 15.8 Å². The molecule has 0 saturated heterocycles. The monoisotopic (exact) mass is 217 g/mol. The molecule has 1 rings (SSSR count). The SMILES string of the molecule is CCNC(N)=NCc1ccc(Cl)s1. The van der Waals surface area contributed by atoms with Crippen LogP contribution in [-0.4, -0.2) is 12.5 Å². The van der Waals surface area contributed by atoms with E-state index in [-0.39, 0.29) is 0 Å². The Morgan fingerprint density at radius 1 is 1.69 bits per heavy atom. The predicted octanol–water partition coefficient (Wildman–Crippen LogP) is 1.83. The molecule has 5 heteroatoms. The predicted molar refractivity (Wildman–Crippen MR) is 58.3 cm³/mol. The van der Waals surface area contributed by atoms with Crippen molar-refractivity contribution in [3.05, 3.63) is 21.3 Å². The summed E-state index contributed by atoms with van der Waals surface area (Å²) in [5.74, 6) is 0.479. The van der Waals surface area contributed by atoms with Gasteiger partial charge in [-0.05, 0) is 19.1 Å². The van der Waals surface area contributed by atoms with Gasteiger partial charge in [0.05, 0.1) is 10.9 Å². The molecule has 13 heavy (non-hydrogen) atoms. The summed E-state index contributed by atoms with van der Waals surface area (Å²) in [6, 6.07) is 3.82. The molecule has 0 unspecified atom stereocenters. The van der Waals surface area contributed by atoms with Gasteiger partial charge in [0.1, 0.15) is 0 Å². The van der Waals surface area contributed by atoms with Crippen molar-refractivity contribution in [1.29, 1.82) is 0 Å². The molecule has 1 aromatic rings. The van der Waals surface area contributed by atoms with Crippen molar-refractivity contribution >= 4 is 28.9 Å². The van der Waals surface area contributed by atoms with Crippen LogP contribution in [0.3, 0.4) is 0 Å². The Labute approximate surface area is 86.6 Å². The van der Waals surface area contributed by atoms with Crippen LogP contribution < -0.4 is 11.1 Å². The highest BCUT2D eigenvalue weighted by Gasteiger charge is 1.96. The zero-order valence-corrected chi connectivity index (χ0v) is 8.95. The maximum absolute atomic E-state index is 5.76. The van der Waals surface area contributed by atoms with Gasteiger partial charge in [-0.2, -0.15) is 0 Å². The van der Waals surface area contributed by atoms with E-state index < -0.39 is 0 Å². The maximum atomic E-state index is 5.76. The fourth-order valence-electron chi connectivity index (χ4n) is 0.837. The van der Waals surface area contributed by atoms with Crippen LogP contribution >= 0.6 is 22.9 Å². The summed E-state index contributed by atoms with van der Waals surface area (Å²) in [6.07, 6.45) is 0. The molecular weight excluding hydrogens is 206 g/mol. The van der Waals surface area contributed by atoms with E-state index in [4.69, 9.17) is 17.3 Å². The van der Waals surface area contributed by atoms with Crippen LogP contribution in [0.25, 0.3) is 0 Å². The van der Waals surface area contributed by atoms with Crippen LogP contribution in [0, 0.1) is 0 Å². The molecular formula is C8H12ClN3S. The molecule has 0 aromatic carbocycles. The number of guanidine groups is 1. The van der Waals surface area contributed by atoms with Gasteiger partial charge >= 0.3 is 0 Å². The Morgan fingerprint density at radius 3 is 3.00 bits per heavy atom. The van der Waals surface area contributed by atoms with E-state index in [1.54, 1.807) is 0 Å². The Balaban J connectivity index is 2.46. The first-order valence-electron chi connectivity index (χ1n) is 4.00. The van der Waals surface area contributed by atoms with E-state index in [2.05, 4.69) is 10.3 Å². The molecule has 0 aliphatic heterocycles. The third kappa shape index (κ3) is 3.65. The van der Waals surface area contributed by atoms with Gasteiger partial charge in [-0.15, -0.1) is 11.3 Å². The van der Waals surface area contributed by atoms with Gasteiger partial charge in [0, 0.05) is 11.4 Å². The second-order valence-corrected chi connectivity index (χ2v) is 4.24. The molecule has 1 heterocycles. The highest BCUT2D eigenvalue weighted by Crippen LogP contribution is 2.21. The lowest BCUT2D eigenvalue weighted by Gasteiger charge is -1.99. The summed E-state index contributed by atoms with van der Waals surface area (Å²) in [6.45, 7) is 3.36. The minimum atomic E-state index is 0.479. The average Bonchev–Trinajstić information content (AvgIpc) is 2.49. The largest absolute Gasteiger partial charge is 0.370 e. The van der Waals surface area contributed by atoms with Gasteiger partial charge in [0.2, 0.25) is 0 Å². The number of aliphatic imine (C=N–C) groups is 1. The molecule has 0 radical (unpaired) electrons. The molecule has 0 atom stereocenters. The molecule has 0 spiro atoms. The van der Waals surface area contributed by atoms with Crippen LogP contribution in [0.4, 0.5) is 0 Å². The Morgan fingerprint density at radius 2 is 2.46 bits per heavy atom. The first-order valence-corrected chi connectivity index (χ1v) is 5.20. The van der Waals surface area contributed by atoms with Gasteiger partial charge in [0.15, 0.2) is 5.96 Å². The van der Waals surface area contributed by atoms with Crippen molar-refractivity contribution in [3.8, 4) is 0 Å². The summed E-state index contributed by atoms with van der Waals surface area (Å²) in [7, 11) is 0. The fraction of sp³-hybridized carbons (Fsp3) is 0.375. The molecule has 0 fully saturated rings. The van der Waals surface area contributed by atoms with Gasteiger partial charge in [-0.3, -0.25) is 0 Å². The van der Waals surface area contributed by atoms with Crippen molar-refractivity contribution < 1.29 is 0 Å². The van der Waals surface area contributed by atoms with E-state index in [1.165, 1.54) is 11.3 Å². The molecule has 0 saturated carbocycles. The number of hydrogen-bond acceptors (Lipinski definition) is 2. The Hall–Kier alpha value is -0.740. The zero-order chi connectivity index (χ0) is 9.68. The first-order chi connectivity index (χ1) is 6.22. The lowest BCUT2D eigenvalue weighted by atomic mass is 10.5. The standard InChI is InChI=1S/C8H12ClN3S/c1-2-11-8(10)12-5-6-3-4-7(9)13-6/h3-4H,2,5H2,1H3,(H3,10,11,12). The average molecular weight is 218 g/mol. The highest BCUT2D eigenvalue weighted by molar-refractivity contribution is 7.16. The summed E-state index contributed by atoms with van der Waals surface area (Å²) in [5, 5.41) is 2.92. The molecule has 72 valence electrons. The van der Waals surface area contributed by atoms with Crippen LogP contribution in [0.5, 0.6) is 0 Å². The van der Waals surface area contributed by atoms with Crippen molar-refractivity contribution in [1.82, 2.24) is 5.32 Å². The topological polar surface area (TPSA) is 50.4 Å². The quantitative estimate of drug-likeness (QED) is 0.600. The maximum Gasteiger partial charge on any atom is 0.188 e. The van der Waals surface area contributed by atoms with E-state index in [0.29, 0.717) is 12.5 Å². The second-order valence-electron chi connectivity index (χ2n) is 2.44. The van der Waals surface area contributed by atoms with Gasteiger partial charge in [-0.1, -0.05) is 11.6 Å². The number of nitrogens with two attached hydrogens (primary N) is 1. The molecule has 3 N–H and O–H groups in total. The highest BCUT2D eigenvalue weighted by atomic mass is 35.5. The third-order valence-electron chi connectivity index (χ3n) is 1.39. The zero-order valence-electron chi connectivity index (χ0n) is 7.38. The number of hydrogen-bond donors (Lipinski definition) is 2. The van der Waals surface area contributed by atoms with E-state index in [9.17, 15) is 0 Å². The third-order valence-corrected chi connectivity index (χ3v) is 2.61. The minimum Gasteiger partial charge on any atom is -0.370 e. The van der Waals surface area contributed by atoms with E-state index >= 15 is 0 Å². The van der Waals surface area contributed by atoms with Crippen molar-refractivity contribution in [2.45, 2.75) is 13.5 Å². The number of rotatable bonds is 3. The number of thiophene rings is 1. The van der Waals surface area contributed by atoms with Crippen LogP contribution in [0.1, 0.15) is 11.8 Å². The van der Waals surface area contributed by atoms with Gasteiger partial charge in [-0.25, -0.2) is 4.99 Å². The smallest absolute Gasteiger partial charge is 0.188 e. The Kier molecular flexibility index (Phi) is 4.05. The summed E-state index contributed by atoms with van der Waals surface area (Å²) >= 11 is 7.28. The van der Waals surface area contributed by atoms with Crippen LogP contribution in [0.15, 0.2) is 17.1 Å². The molecule has 1 aromatic heterocycles. The lowest BCUT2D eigenvalue weighted by molar-refractivity contribution is 0.929. The molecule has 0 amide bonds. The number of halogens is 1. The molecule has 0 aliphatic rings. The second kappa shape index (κ2) is 5.09. The molecule has 3 nitrogen and oxygen atoms in total. The van der Waals surface area contributed by atoms with E-state index in [1.807, 2.05) is 19.1 Å². The Bertz CT molecular complexity index is 295. The first kappa shape index (κ1) is 10.3. The molecule has 0 bridgehead atoms. The van der Waals surface area contributed by atoms with Crippen molar-refractivity contribution in [2.75, 3.05) is 6.54 Å². The van der Waals surface area contributed by atoms with Gasteiger partial charge in [0.25, 0.3) is 0 Å². The van der Waals surface area contributed by atoms with Crippen LogP contribution in [0.2, 0.25) is 4.34 Å². The lowest BCUT2D eigenvalue weighted by Crippen LogP contribution is -2.31.